The number of hydrogen-bond acceptors (Lipinski definition) is 3. The van der Waals surface area contributed by atoms with Crippen LogP contribution in [0.2, 0.25) is 0 Å². The number of rotatable bonds is 5. The standard InChI is InChI=1S/C17H33N3/c18-19-16(14-15-8-2-3-9-15)17(10-4-5-11-17)20-12-6-1-7-13-20/h15-16,19H,1-14,18H2. The summed E-state index contributed by atoms with van der Waals surface area (Å²) in [6.45, 7) is 2.62. The number of nitrogens with one attached hydrogen (secondary N) is 1. The van der Waals surface area contributed by atoms with Gasteiger partial charge >= 0.3 is 0 Å². The third-order valence-electron chi connectivity index (χ3n) is 6.35. The van der Waals surface area contributed by atoms with E-state index >= 15 is 0 Å². The highest BCUT2D eigenvalue weighted by atomic mass is 15.3. The molecular formula is C17H33N3. The maximum absolute atomic E-state index is 6.05. The second-order valence-corrected chi connectivity index (χ2v) is 7.46. The summed E-state index contributed by atoms with van der Waals surface area (Å²) in [4.78, 5) is 2.82. The van der Waals surface area contributed by atoms with E-state index in [1.54, 1.807) is 0 Å². The average Bonchev–Trinajstić information content (AvgIpc) is 3.18. The topological polar surface area (TPSA) is 41.3 Å². The number of likely N-dealkylation sites (tertiary alicyclic amines) is 1. The van der Waals surface area contributed by atoms with Crippen molar-refractivity contribution in [2.75, 3.05) is 13.1 Å². The van der Waals surface area contributed by atoms with Crippen LogP contribution in [0.25, 0.3) is 0 Å². The SMILES string of the molecule is NNC(CC1CCCC1)C1(N2CCCCC2)CCCC1. The summed E-state index contributed by atoms with van der Waals surface area (Å²) in [5.74, 6) is 6.97. The van der Waals surface area contributed by atoms with E-state index in [2.05, 4.69) is 10.3 Å². The molecular weight excluding hydrogens is 246 g/mol. The van der Waals surface area contributed by atoms with Crippen molar-refractivity contribution in [3.05, 3.63) is 0 Å². The summed E-state index contributed by atoms with van der Waals surface area (Å²) in [6, 6.07) is 0.520. The van der Waals surface area contributed by atoms with Crippen LogP contribution in [-0.4, -0.2) is 29.6 Å². The highest BCUT2D eigenvalue weighted by Gasteiger charge is 2.46. The Kier molecular flexibility index (Phi) is 5.00. The smallest absolute Gasteiger partial charge is 0.0397 e. The van der Waals surface area contributed by atoms with Crippen LogP contribution in [0, 0.1) is 5.92 Å². The molecule has 3 heteroatoms. The van der Waals surface area contributed by atoms with Gasteiger partial charge in [0.2, 0.25) is 0 Å². The van der Waals surface area contributed by atoms with Crippen LogP contribution in [0.3, 0.4) is 0 Å². The van der Waals surface area contributed by atoms with E-state index in [0.29, 0.717) is 11.6 Å². The molecule has 0 radical (unpaired) electrons. The monoisotopic (exact) mass is 279 g/mol. The van der Waals surface area contributed by atoms with Crippen molar-refractivity contribution in [3.8, 4) is 0 Å². The maximum atomic E-state index is 6.05. The Bertz CT molecular complexity index is 287. The first-order valence-electron chi connectivity index (χ1n) is 9.06. The third-order valence-corrected chi connectivity index (χ3v) is 6.35. The molecule has 1 unspecified atom stereocenters. The molecule has 3 nitrogen and oxygen atoms in total. The fourth-order valence-electron chi connectivity index (χ4n) is 5.23. The van der Waals surface area contributed by atoms with E-state index in [9.17, 15) is 0 Å². The quantitative estimate of drug-likeness (QED) is 0.600. The van der Waals surface area contributed by atoms with E-state index in [1.807, 2.05) is 0 Å². The molecule has 3 rings (SSSR count). The van der Waals surface area contributed by atoms with Gasteiger partial charge in [0.15, 0.2) is 0 Å². The van der Waals surface area contributed by atoms with Crippen molar-refractivity contribution in [3.63, 3.8) is 0 Å². The Morgan fingerprint density at radius 3 is 2.20 bits per heavy atom. The normalized spacial score (nSPS) is 29.9. The molecule has 1 saturated heterocycles. The van der Waals surface area contributed by atoms with E-state index in [1.165, 1.54) is 90.1 Å². The molecule has 3 fully saturated rings. The zero-order valence-electron chi connectivity index (χ0n) is 13.1. The predicted octanol–water partition coefficient (Wildman–Crippen LogP) is 3.20. The molecule has 1 atom stereocenters. The van der Waals surface area contributed by atoms with Crippen LogP contribution >= 0.6 is 0 Å². The van der Waals surface area contributed by atoms with Crippen LogP contribution in [0.1, 0.15) is 77.0 Å². The second-order valence-electron chi connectivity index (χ2n) is 7.46. The van der Waals surface area contributed by atoms with Crippen molar-refractivity contribution in [2.45, 2.75) is 88.6 Å². The van der Waals surface area contributed by atoms with E-state index in [4.69, 9.17) is 5.84 Å². The molecule has 0 aromatic carbocycles. The number of piperidine rings is 1. The molecule has 1 aliphatic heterocycles. The second kappa shape index (κ2) is 6.76. The largest absolute Gasteiger partial charge is 0.296 e. The minimum atomic E-state index is 0.387. The van der Waals surface area contributed by atoms with Crippen molar-refractivity contribution < 1.29 is 0 Å². The Hall–Kier alpha value is -0.120. The molecule has 3 N–H and O–H groups in total. The van der Waals surface area contributed by atoms with Gasteiger partial charge in [-0.05, 0) is 51.1 Å². The van der Waals surface area contributed by atoms with Gasteiger partial charge in [-0.1, -0.05) is 44.9 Å². The summed E-state index contributed by atoms with van der Waals surface area (Å²) in [5, 5.41) is 0. The molecule has 1 heterocycles. The van der Waals surface area contributed by atoms with Gasteiger partial charge in [-0.25, -0.2) is 0 Å². The lowest BCUT2D eigenvalue weighted by atomic mass is 9.80. The lowest BCUT2D eigenvalue weighted by molar-refractivity contribution is 0.0289. The van der Waals surface area contributed by atoms with Crippen molar-refractivity contribution in [1.29, 1.82) is 0 Å². The van der Waals surface area contributed by atoms with Gasteiger partial charge in [-0.15, -0.1) is 0 Å². The first-order chi connectivity index (χ1) is 9.85. The predicted molar refractivity (Wildman–Crippen MR) is 84.3 cm³/mol. The fraction of sp³-hybridized carbons (Fsp3) is 1.00. The van der Waals surface area contributed by atoms with Gasteiger partial charge in [0.05, 0.1) is 0 Å². The first-order valence-corrected chi connectivity index (χ1v) is 9.06. The Morgan fingerprint density at radius 2 is 1.60 bits per heavy atom. The summed E-state index contributed by atoms with van der Waals surface area (Å²) in [5.41, 5.74) is 3.65. The Labute approximate surface area is 124 Å². The van der Waals surface area contributed by atoms with Gasteiger partial charge in [0.1, 0.15) is 0 Å². The fourth-order valence-corrected chi connectivity index (χ4v) is 5.23. The van der Waals surface area contributed by atoms with Gasteiger partial charge in [0.25, 0.3) is 0 Å². The molecule has 0 amide bonds. The molecule has 20 heavy (non-hydrogen) atoms. The molecule has 0 aromatic heterocycles. The third kappa shape index (κ3) is 2.90. The Balaban J connectivity index is 1.72. The minimum absolute atomic E-state index is 0.387. The van der Waals surface area contributed by atoms with E-state index in [0.717, 1.165) is 5.92 Å². The number of nitrogens with two attached hydrogens (primary N) is 1. The van der Waals surface area contributed by atoms with Crippen LogP contribution in [0.4, 0.5) is 0 Å². The molecule has 0 spiro atoms. The van der Waals surface area contributed by atoms with Crippen LogP contribution < -0.4 is 11.3 Å². The minimum Gasteiger partial charge on any atom is -0.296 e. The zero-order valence-corrected chi connectivity index (χ0v) is 13.1. The summed E-state index contributed by atoms with van der Waals surface area (Å²) in [7, 11) is 0. The van der Waals surface area contributed by atoms with E-state index < -0.39 is 0 Å². The van der Waals surface area contributed by atoms with Crippen LogP contribution in [0.5, 0.6) is 0 Å². The number of hydrazine groups is 1. The molecule has 2 aliphatic carbocycles. The Morgan fingerprint density at radius 1 is 0.950 bits per heavy atom. The average molecular weight is 279 g/mol. The zero-order chi connectivity index (χ0) is 13.8. The number of hydrogen-bond donors (Lipinski definition) is 2. The van der Waals surface area contributed by atoms with E-state index in [-0.39, 0.29) is 0 Å². The molecule has 0 aromatic rings. The van der Waals surface area contributed by atoms with Gasteiger partial charge in [0, 0.05) is 11.6 Å². The highest BCUT2D eigenvalue weighted by Crippen LogP contribution is 2.42. The van der Waals surface area contributed by atoms with Crippen molar-refractivity contribution in [2.24, 2.45) is 11.8 Å². The molecule has 3 aliphatic rings. The van der Waals surface area contributed by atoms with Crippen molar-refractivity contribution in [1.82, 2.24) is 10.3 Å². The highest BCUT2D eigenvalue weighted by molar-refractivity contribution is 5.04. The maximum Gasteiger partial charge on any atom is 0.0397 e. The summed E-state index contributed by atoms with van der Waals surface area (Å²) in [6.07, 6.45) is 16.8. The molecule has 2 saturated carbocycles. The lowest BCUT2D eigenvalue weighted by Crippen LogP contribution is -2.62. The summed E-state index contributed by atoms with van der Waals surface area (Å²) < 4.78 is 0. The summed E-state index contributed by atoms with van der Waals surface area (Å²) >= 11 is 0. The van der Waals surface area contributed by atoms with Gasteiger partial charge in [-0.2, -0.15) is 0 Å². The van der Waals surface area contributed by atoms with Gasteiger partial charge in [-0.3, -0.25) is 16.2 Å². The number of nitrogens with zero attached hydrogens (tertiary/aromatic N) is 1. The van der Waals surface area contributed by atoms with Crippen LogP contribution in [0.15, 0.2) is 0 Å². The molecule has 116 valence electrons. The molecule has 0 bridgehead atoms. The van der Waals surface area contributed by atoms with Crippen LogP contribution in [-0.2, 0) is 0 Å². The van der Waals surface area contributed by atoms with Crippen molar-refractivity contribution >= 4 is 0 Å². The lowest BCUT2D eigenvalue weighted by Gasteiger charge is -2.49. The first kappa shape index (κ1) is 14.8. The van der Waals surface area contributed by atoms with Gasteiger partial charge < -0.3 is 0 Å².